The molecule has 0 aliphatic rings. The van der Waals surface area contributed by atoms with E-state index in [9.17, 15) is 4.79 Å². The summed E-state index contributed by atoms with van der Waals surface area (Å²) < 4.78 is 0. The number of nitrogens with zero attached hydrogens (tertiary/aromatic N) is 2. The van der Waals surface area contributed by atoms with Crippen molar-refractivity contribution in [3.63, 3.8) is 0 Å². The fraction of sp³-hybridized carbons (Fsp3) is 0.0714. The lowest BCUT2D eigenvalue weighted by Crippen LogP contribution is -2.24. The van der Waals surface area contributed by atoms with Gasteiger partial charge in [-0.05, 0) is 23.8 Å². The maximum atomic E-state index is 11.6. The minimum atomic E-state index is -0.443. The highest BCUT2D eigenvalue weighted by Crippen LogP contribution is 2.08. The Morgan fingerprint density at radius 2 is 2.00 bits per heavy atom. The largest absolute Gasteiger partial charge is 0.348 e. The van der Waals surface area contributed by atoms with Gasteiger partial charge in [0.2, 0.25) is 0 Å². The highest BCUT2D eigenvalue weighted by Gasteiger charge is 2.07. The Morgan fingerprint density at radius 3 is 2.50 bits per heavy atom. The smallest absolute Gasteiger partial charge is 0.262 e. The molecule has 0 aromatic heterocycles. The van der Waals surface area contributed by atoms with Crippen molar-refractivity contribution in [1.29, 1.82) is 10.5 Å². The molecule has 1 amide bonds. The molecule has 1 aromatic rings. The SMILES string of the molecule is C=CCNC(=O)C(C#N)=Cc1ccc(C#N)cc1. The van der Waals surface area contributed by atoms with Crippen molar-refractivity contribution in [3.05, 3.63) is 53.6 Å². The van der Waals surface area contributed by atoms with Crippen molar-refractivity contribution in [1.82, 2.24) is 5.32 Å². The molecule has 18 heavy (non-hydrogen) atoms. The molecule has 0 aliphatic heterocycles. The van der Waals surface area contributed by atoms with Crippen molar-refractivity contribution >= 4 is 12.0 Å². The van der Waals surface area contributed by atoms with Gasteiger partial charge in [-0.3, -0.25) is 4.79 Å². The number of carbonyl (C=O) groups excluding carboxylic acids is 1. The molecule has 0 saturated carbocycles. The predicted molar refractivity (Wildman–Crippen MR) is 68.0 cm³/mol. The van der Waals surface area contributed by atoms with Crippen molar-refractivity contribution < 1.29 is 4.79 Å². The molecule has 0 heterocycles. The molecule has 0 radical (unpaired) electrons. The van der Waals surface area contributed by atoms with Crippen LogP contribution >= 0.6 is 0 Å². The molecule has 0 bridgehead atoms. The summed E-state index contributed by atoms with van der Waals surface area (Å²) in [5, 5.41) is 20.1. The summed E-state index contributed by atoms with van der Waals surface area (Å²) in [5.74, 6) is -0.443. The quantitative estimate of drug-likeness (QED) is 0.492. The van der Waals surface area contributed by atoms with E-state index in [1.807, 2.05) is 12.1 Å². The zero-order valence-corrected chi connectivity index (χ0v) is 9.68. The molecule has 4 nitrogen and oxygen atoms in total. The van der Waals surface area contributed by atoms with Gasteiger partial charge in [0.05, 0.1) is 11.6 Å². The van der Waals surface area contributed by atoms with Gasteiger partial charge in [-0.25, -0.2) is 0 Å². The molecule has 0 unspecified atom stereocenters. The van der Waals surface area contributed by atoms with E-state index >= 15 is 0 Å². The Hall–Kier alpha value is -2.85. The Bertz CT molecular complexity index is 556. The second-order valence-corrected chi connectivity index (χ2v) is 3.40. The third kappa shape index (κ3) is 3.62. The standard InChI is InChI=1S/C14H11N3O/c1-2-7-17-14(18)13(10-16)8-11-3-5-12(9-15)6-4-11/h2-6,8H,1,7H2,(H,17,18). The van der Waals surface area contributed by atoms with E-state index in [-0.39, 0.29) is 5.57 Å². The fourth-order valence-corrected chi connectivity index (χ4v) is 1.23. The fourth-order valence-electron chi connectivity index (χ4n) is 1.23. The van der Waals surface area contributed by atoms with Crippen LogP contribution < -0.4 is 5.32 Å². The van der Waals surface area contributed by atoms with Gasteiger partial charge in [-0.1, -0.05) is 18.2 Å². The lowest BCUT2D eigenvalue weighted by molar-refractivity contribution is -0.116. The van der Waals surface area contributed by atoms with E-state index in [2.05, 4.69) is 11.9 Å². The van der Waals surface area contributed by atoms with Gasteiger partial charge in [0.15, 0.2) is 0 Å². The normalized spacial score (nSPS) is 10.0. The van der Waals surface area contributed by atoms with Crippen LogP contribution in [-0.2, 0) is 4.79 Å². The first-order valence-electron chi connectivity index (χ1n) is 5.22. The third-order valence-electron chi connectivity index (χ3n) is 2.12. The number of nitrogens with one attached hydrogen (secondary N) is 1. The van der Waals surface area contributed by atoms with Crippen molar-refractivity contribution in [2.75, 3.05) is 6.54 Å². The number of amides is 1. The minimum Gasteiger partial charge on any atom is -0.348 e. The number of nitriles is 2. The van der Waals surface area contributed by atoms with Gasteiger partial charge < -0.3 is 5.32 Å². The summed E-state index contributed by atoms with van der Waals surface area (Å²) in [6.45, 7) is 3.78. The van der Waals surface area contributed by atoms with Crippen molar-refractivity contribution in [3.8, 4) is 12.1 Å². The highest BCUT2D eigenvalue weighted by atomic mass is 16.1. The molecular weight excluding hydrogens is 226 g/mol. The molecule has 0 saturated heterocycles. The predicted octanol–water partition coefficient (Wildman–Crippen LogP) is 1.77. The third-order valence-corrected chi connectivity index (χ3v) is 2.12. The first-order valence-corrected chi connectivity index (χ1v) is 5.22. The van der Waals surface area contributed by atoms with Gasteiger partial charge in [-0.15, -0.1) is 6.58 Å². The van der Waals surface area contributed by atoms with E-state index in [1.54, 1.807) is 24.3 Å². The zero-order chi connectivity index (χ0) is 13.4. The van der Waals surface area contributed by atoms with Crippen LogP contribution in [0.3, 0.4) is 0 Å². The molecule has 1 N–H and O–H groups in total. The van der Waals surface area contributed by atoms with Crippen LogP contribution in [0.1, 0.15) is 11.1 Å². The van der Waals surface area contributed by atoms with Crippen LogP contribution in [0.2, 0.25) is 0 Å². The van der Waals surface area contributed by atoms with E-state index < -0.39 is 5.91 Å². The van der Waals surface area contributed by atoms with E-state index in [0.29, 0.717) is 17.7 Å². The number of rotatable bonds is 4. The second-order valence-electron chi connectivity index (χ2n) is 3.40. The summed E-state index contributed by atoms with van der Waals surface area (Å²) in [7, 11) is 0. The van der Waals surface area contributed by atoms with Crippen LogP contribution in [0, 0.1) is 22.7 Å². The topological polar surface area (TPSA) is 76.7 Å². The number of hydrogen-bond donors (Lipinski definition) is 1. The Labute approximate surface area is 105 Å². The second kappa shape index (κ2) is 6.67. The first-order chi connectivity index (χ1) is 8.71. The van der Waals surface area contributed by atoms with Crippen LogP contribution in [0.25, 0.3) is 6.08 Å². The van der Waals surface area contributed by atoms with Crippen LogP contribution in [-0.4, -0.2) is 12.5 Å². The summed E-state index contributed by atoms with van der Waals surface area (Å²) in [6.07, 6.45) is 3.01. The molecule has 4 heteroatoms. The van der Waals surface area contributed by atoms with E-state index in [0.717, 1.165) is 0 Å². The maximum Gasteiger partial charge on any atom is 0.262 e. The number of hydrogen-bond acceptors (Lipinski definition) is 3. The molecule has 88 valence electrons. The Kier molecular flexibility index (Phi) is 4.90. The lowest BCUT2D eigenvalue weighted by atomic mass is 10.1. The summed E-state index contributed by atoms with van der Waals surface area (Å²) in [4.78, 5) is 11.6. The van der Waals surface area contributed by atoms with Crippen LogP contribution in [0.4, 0.5) is 0 Å². The number of carbonyl (C=O) groups is 1. The lowest BCUT2D eigenvalue weighted by Gasteiger charge is -2.00. The van der Waals surface area contributed by atoms with Gasteiger partial charge >= 0.3 is 0 Å². The first kappa shape index (κ1) is 13.2. The van der Waals surface area contributed by atoms with Gasteiger partial charge in [-0.2, -0.15) is 10.5 Å². The molecule has 0 aliphatic carbocycles. The molecule has 0 spiro atoms. The zero-order valence-electron chi connectivity index (χ0n) is 9.68. The van der Waals surface area contributed by atoms with Crippen LogP contribution in [0.5, 0.6) is 0 Å². The highest BCUT2D eigenvalue weighted by molar-refractivity contribution is 6.01. The van der Waals surface area contributed by atoms with Gasteiger partial charge in [0.1, 0.15) is 11.6 Å². The van der Waals surface area contributed by atoms with Crippen molar-refractivity contribution in [2.24, 2.45) is 0 Å². The van der Waals surface area contributed by atoms with Gasteiger partial charge in [0, 0.05) is 6.54 Å². The monoisotopic (exact) mass is 237 g/mol. The average Bonchev–Trinajstić information content (AvgIpc) is 2.42. The maximum absolute atomic E-state index is 11.6. The molecular formula is C14H11N3O. The summed E-state index contributed by atoms with van der Waals surface area (Å²) in [6, 6.07) is 10.4. The molecule has 0 fully saturated rings. The van der Waals surface area contributed by atoms with E-state index in [1.165, 1.54) is 12.2 Å². The summed E-state index contributed by atoms with van der Waals surface area (Å²) in [5.41, 5.74) is 1.24. The molecule has 1 aromatic carbocycles. The number of benzene rings is 1. The average molecular weight is 237 g/mol. The Balaban J connectivity index is 2.90. The van der Waals surface area contributed by atoms with Gasteiger partial charge in [0.25, 0.3) is 5.91 Å². The van der Waals surface area contributed by atoms with Crippen molar-refractivity contribution in [2.45, 2.75) is 0 Å². The molecule has 1 rings (SSSR count). The van der Waals surface area contributed by atoms with E-state index in [4.69, 9.17) is 10.5 Å². The minimum absolute atomic E-state index is 0.0153. The summed E-state index contributed by atoms with van der Waals surface area (Å²) >= 11 is 0. The molecule has 0 atom stereocenters. The van der Waals surface area contributed by atoms with Crippen LogP contribution in [0.15, 0.2) is 42.5 Å². The Morgan fingerprint density at radius 1 is 1.33 bits per heavy atom.